The lowest BCUT2D eigenvalue weighted by atomic mass is 10.1. The van der Waals surface area contributed by atoms with Crippen LogP contribution in [-0.4, -0.2) is 12.8 Å². The number of aryl methyl sites for hydroxylation is 2. The minimum Gasteiger partial charge on any atom is -0.473 e. The van der Waals surface area contributed by atoms with Crippen LogP contribution in [0.25, 0.3) is 0 Å². The molecule has 0 bridgehead atoms. The summed E-state index contributed by atoms with van der Waals surface area (Å²) in [5.41, 5.74) is 2.98. The zero-order valence-corrected chi connectivity index (χ0v) is 12.7. The van der Waals surface area contributed by atoms with Crippen molar-refractivity contribution in [1.29, 1.82) is 0 Å². The normalized spacial score (nSPS) is 10.0. The predicted octanol–water partition coefficient (Wildman–Crippen LogP) is 4.11. The summed E-state index contributed by atoms with van der Waals surface area (Å²) < 4.78 is 5.48. The Morgan fingerprint density at radius 1 is 1.14 bits per heavy atom. The molecule has 0 heterocycles. The first-order valence-electron chi connectivity index (χ1n) is 6.55. The molecule has 5 heteroatoms. The lowest BCUT2D eigenvalue weighted by Gasteiger charge is -2.10. The molecular weight excluding hydrogens is 288 g/mol. The number of ether oxygens (including phenoxy) is 1. The van der Waals surface area contributed by atoms with Crippen LogP contribution in [0.2, 0.25) is 5.02 Å². The smallest absolute Gasteiger partial charge is 0.321 e. The third-order valence-electron chi connectivity index (χ3n) is 3.03. The largest absolute Gasteiger partial charge is 0.473 e. The second kappa shape index (κ2) is 6.99. The highest BCUT2D eigenvalue weighted by Gasteiger charge is 2.02. The molecule has 0 atom stereocenters. The summed E-state index contributed by atoms with van der Waals surface area (Å²) in [5.74, 6) is 0.723. The molecule has 21 heavy (non-hydrogen) atoms. The summed E-state index contributed by atoms with van der Waals surface area (Å²) in [6.07, 6.45) is 0. The fourth-order valence-corrected chi connectivity index (χ4v) is 1.92. The van der Waals surface area contributed by atoms with Gasteiger partial charge in [-0.1, -0.05) is 23.7 Å². The maximum Gasteiger partial charge on any atom is 0.321 e. The molecular formula is C16H17ClN2O2. The Morgan fingerprint density at radius 2 is 1.95 bits per heavy atom. The molecule has 4 nitrogen and oxygen atoms in total. The van der Waals surface area contributed by atoms with Gasteiger partial charge in [0, 0.05) is 10.7 Å². The molecule has 2 aromatic carbocycles. The molecule has 0 radical (unpaired) electrons. The zero-order chi connectivity index (χ0) is 15.2. The molecule has 2 aromatic rings. The maximum atomic E-state index is 11.7. The maximum absolute atomic E-state index is 11.7. The Morgan fingerprint density at radius 3 is 2.67 bits per heavy atom. The molecule has 0 aliphatic rings. The van der Waals surface area contributed by atoms with Crippen molar-refractivity contribution in [1.82, 2.24) is 5.32 Å². The number of rotatable bonds is 4. The van der Waals surface area contributed by atoms with Crippen LogP contribution in [0.3, 0.4) is 0 Å². The monoisotopic (exact) mass is 304 g/mol. The van der Waals surface area contributed by atoms with Gasteiger partial charge in [0.15, 0.2) is 6.73 Å². The van der Waals surface area contributed by atoms with Crippen LogP contribution in [0.15, 0.2) is 42.5 Å². The molecule has 0 saturated heterocycles. The minimum atomic E-state index is -0.346. The van der Waals surface area contributed by atoms with Gasteiger partial charge in [0.25, 0.3) is 0 Å². The van der Waals surface area contributed by atoms with Crippen LogP contribution in [0.4, 0.5) is 10.5 Å². The lowest BCUT2D eigenvalue weighted by molar-refractivity contribution is 0.234. The molecule has 0 aliphatic heterocycles. The summed E-state index contributed by atoms with van der Waals surface area (Å²) in [7, 11) is 0. The fourth-order valence-electron chi connectivity index (χ4n) is 1.73. The second-order valence-corrected chi connectivity index (χ2v) is 5.11. The van der Waals surface area contributed by atoms with E-state index in [1.54, 1.807) is 24.3 Å². The van der Waals surface area contributed by atoms with Gasteiger partial charge in [0.2, 0.25) is 0 Å². The van der Waals surface area contributed by atoms with Gasteiger partial charge in [-0.2, -0.15) is 0 Å². The molecule has 0 aromatic heterocycles. The summed E-state index contributed by atoms with van der Waals surface area (Å²) in [6, 6.07) is 12.4. The Hall–Kier alpha value is -2.20. The first-order chi connectivity index (χ1) is 10.0. The fraction of sp³-hybridized carbons (Fsp3) is 0.188. The highest BCUT2D eigenvalue weighted by molar-refractivity contribution is 6.30. The number of amides is 2. The molecule has 0 unspecified atom stereocenters. The van der Waals surface area contributed by atoms with Crippen LogP contribution in [0, 0.1) is 13.8 Å². The predicted molar refractivity (Wildman–Crippen MR) is 85.0 cm³/mol. The van der Waals surface area contributed by atoms with Crippen molar-refractivity contribution in [3.63, 3.8) is 0 Å². The average molecular weight is 305 g/mol. The van der Waals surface area contributed by atoms with E-state index >= 15 is 0 Å². The van der Waals surface area contributed by atoms with E-state index in [2.05, 4.69) is 10.6 Å². The van der Waals surface area contributed by atoms with Gasteiger partial charge in [0.05, 0.1) is 0 Å². The SMILES string of the molecule is Cc1ccc(OCNC(=O)Nc2cccc(Cl)c2)cc1C. The number of carbonyl (C=O) groups is 1. The summed E-state index contributed by atoms with van der Waals surface area (Å²) in [4.78, 5) is 11.7. The quantitative estimate of drug-likeness (QED) is 0.835. The number of hydrogen-bond acceptors (Lipinski definition) is 2. The molecule has 0 aliphatic carbocycles. The van der Waals surface area contributed by atoms with Crippen molar-refractivity contribution >= 4 is 23.3 Å². The van der Waals surface area contributed by atoms with E-state index in [-0.39, 0.29) is 12.8 Å². The molecule has 2 N–H and O–H groups in total. The van der Waals surface area contributed by atoms with Crippen LogP contribution in [-0.2, 0) is 0 Å². The number of urea groups is 1. The summed E-state index contributed by atoms with van der Waals surface area (Å²) in [6.45, 7) is 4.15. The van der Waals surface area contributed by atoms with Gasteiger partial charge in [-0.05, 0) is 55.3 Å². The van der Waals surface area contributed by atoms with Crippen molar-refractivity contribution in [2.45, 2.75) is 13.8 Å². The first kappa shape index (κ1) is 15.2. The standard InChI is InChI=1S/C16H17ClN2O2/c1-11-6-7-15(8-12(11)2)21-10-18-16(20)19-14-5-3-4-13(17)9-14/h3-9H,10H2,1-2H3,(H2,18,19,20). The van der Waals surface area contributed by atoms with E-state index < -0.39 is 0 Å². The molecule has 2 amide bonds. The average Bonchev–Trinajstić information content (AvgIpc) is 2.43. The van der Waals surface area contributed by atoms with E-state index in [1.165, 1.54) is 5.56 Å². The molecule has 0 saturated carbocycles. The number of nitrogens with one attached hydrogen (secondary N) is 2. The van der Waals surface area contributed by atoms with E-state index in [0.29, 0.717) is 10.7 Å². The minimum absolute atomic E-state index is 0.0922. The van der Waals surface area contributed by atoms with Crippen molar-refractivity contribution in [3.8, 4) is 5.75 Å². The van der Waals surface area contributed by atoms with Crippen molar-refractivity contribution < 1.29 is 9.53 Å². The van der Waals surface area contributed by atoms with Crippen molar-refractivity contribution in [2.75, 3.05) is 12.0 Å². The number of anilines is 1. The van der Waals surface area contributed by atoms with Crippen LogP contribution >= 0.6 is 11.6 Å². The number of carbonyl (C=O) groups excluding carboxylic acids is 1. The third kappa shape index (κ3) is 4.68. The second-order valence-electron chi connectivity index (χ2n) is 4.68. The van der Waals surface area contributed by atoms with Gasteiger partial charge < -0.3 is 15.4 Å². The lowest BCUT2D eigenvalue weighted by Crippen LogP contribution is -2.32. The summed E-state index contributed by atoms with van der Waals surface area (Å²) in [5, 5.41) is 5.86. The number of halogens is 1. The topological polar surface area (TPSA) is 50.4 Å². The third-order valence-corrected chi connectivity index (χ3v) is 3.27. The van der Waals surface area contributed by atoms with Gasteiger partial charge >= 0.3 is 6.03 Å². The summed E-state index contributed by atoms with van der Waals surface area (Å²) >= 11 is 5.84. The number of hydrogen-bond donors (Lipinski definition) is 2. The van der Waals surface area contributed by atoms with Gasteiger partial charge in [-0.3, -0.25) is 0 Å². The van der Waals surface area contributed by atoms with E-state index in [1.807, 2.05) is 32.0 Å². The van der Waals surface area contributed by atoms with Crippen molar-refractivity contribution in [2.24, 2.45) is 0 Å². The van der Waals surface area contributed by atoms with Crippen LogP contribution in [0.5, 0.6) is 5.75 Å². The Kier molecular flexibility index (Phi) is 5.06. The Labute approximate surface area is 129 Å². The van der Waals surface area contributed by atoms with E-state index in [0.717, 1.165) is 11.3 Å². The van der Waals surface area contributed by atoms with Gasteiger partial charge in [0.1, 0.15) is 5.75 Å². The highest BCUT2D eigenvalue weighted by atomic mass is 35.5. The van der Waals surface area contributed by atoms with Crippen molar-refractivity contribution in [3.05, 3.63) is 58.6 Å². The van der Waals surface area contributed by atoms with Gasteiger partial charge in [-0.25, -0.2) is 4.79 Å². The number of benzene rings is 2. The molecule has 0 fully saturated rings. The molecule has 2 rings (SSSR count). The van der Waals surface area contributed by atoms with Gasteiger partial charge in [-0.15, -0.1) is 0 Å². The molecule has 110 valence electrons. The van der Waals surface area contributed by atoms with E-state index in [4.69, 9.17) is 16.3 Å². The van der Waals surface area contributed by atoms with Crippen LogP contribution < -0.4 is 15.4 Å². The first-order valence-corrected chi connectivity index (χ1v) is 6.93. The molecule has 0 spiro atoms. The Bertz CT molecular complexity index is 644. The Balaban J connectivity index is 1.80. The van der Waals surface area contributed by atoms with Crippen LogP contribution in [0.1, 0.15) is 11.1 Å². The highest BCUT2D eigenvalue weighted by Crippen LogP contribution is 2.16. The zero-order valence-electron chi connectivity index (χ0n) is 11.9. The van der Waals surface area contributed by atoms with E-state index in [9.17, 15) is 4.79 Å².